The Morgan fingerprint density at radius 2 is 1.17 bits per heavy atom. The van der Waals surface area contributed by atoms with E-state index in [2.05, 4.69) is 0 Å². The predicted molar refractivity (Wildman–Crippen MR) is 31.8 cm³/mol. The van der Waals surface area contributed by atoms with Gasteiger partial charge in [0.1, 0.15) is 0 Å². The predicted octanol–water partition coefficient (Wildman–Crippen LogP) is -2.88. The molecule has 0 unspecified atom stereocenters. The molecule has 0 spiro atoms. The second kappa shape index (κ2) is 3.95. The number of rotatable bonds is 0. The third-order valence-electron chi connectivity index (χ3n) is 0. The first-order chi connectivity index (χ1) is 2.00. The van der Waals surface area contributed by atoms with Crippen LogP contribution in [0.25, 0.3) is 0 Å². The normalized spacial score (nSPS) is 9.33. The van der Waals surface area contributed by atoms with Crippen LogP contribution in [0.2, 0.25) is 0 Å². The second-order valence-electron chi connectivity index (χ2n) is 1.14. The van der Waals surface area contributed by atoms with E-state index in [0.717, 1.165) is 0 Å². The summed E-state index contributed by atoms with van der Waals surface area (Å²) in [5.74, 6) is 0. The largest absolute Gasteiger partial charge is 0.373 e. The van der Waals surface area contributed by atoms with Crippen molar-refractivity contribution in [2.24, 2.45) is 0 Å². The van der Waals surface area contributed by atoms with Crippen molar-refractivity contribution < 1.29 is 8.42 Å². The molecule has 0 aromatic carbocycles. The Balaban J connectivity index is 0. The summed E-state index contributed by atoms with van der Waals surface area (Å²) in [5.41, 5.74) is 0. The molecule has 0 N–H and O–H groups in total. The van der Waals surface area contributed by atoms with Crippen LogP contribution in [-0.4, -0.2) is 68.3 Å². The average Bonchev–Trinajstić information content (AvgIpc) is 0.722. The monoisotopic (exact) mass is 145 g/mol. The third-order valence-corrected chi connectivity index (χ3v) is 0. The van der Waals surface area contributed by atoms with E-state index in [4.69, 9.17) is 0 Å². The molecule has 0 saturated carbocycles. The maximum Gasteiger partial charge on any atom is 0.373 e. The van der Waals surface area contributed by atoms with Crippen LogP contribution in [-0.2, 0) is 6.57 Å². The van der Waals surface area contributed by atoms with Gasteiger partial charge in [0.15, 0.2) is 0 Å². The third kappa shape index (κ3) is 37.3. The molecule has 0 saturated heterocycles. The SMILES string of the molecule is O=[S](=O)([AlH2])[AlH2].[Na]. The summed E-state index contributed by atoms with van der Waals surface area (Å²) >= 11 is 0.684. The van der Waals surface area contributed by atoms with Crippen molar-refractivity contribution in [3.63, 3.8) is 0 Å². The summed E-state index contributed by atoms with van der Waals surface area (Å²) in [4.78, 5) is 0. The van der Waals surface area contributed by atoms with Crippen molar-refractivity contribution in [3.05, 3.63) is 0 Å². The molecule has 6 heavy (non-hydrogen) atoms. The maximum absolute atomic E-state index is 9.76. The van der Waals surface area contributed by atoms with E-state index in [-0.39, 0.29) is 29.6 Å². The van der Waals surface area contributed by atoms with Crippen LogP contribution in [0, 0.1) is 0 Å². The fraction of sp³-hybridized carbons (Fsp3) is 0. The topological polar surface area (TPSA) is 34.1 Å². The number of hydrogen-bond acceptors (Lipinski definition) is 2. The van der Waals surface area contributed by atoms with Crippen molar-refractivity contribution in [2.75, 3.05) is 0 Å². The zero-order chi connectivity index (χ0) is 4.50. The van der Waals surface area contributed by atoms with Gasteiger partial charge in [-0.1, -0.05) is 0 Å². The van der Waals surface area contributed by atoms with Gasteiger partial charge in [0.25, 0.3) is 0 Å². The molecule has 0 bridgehead atoms. The maximum atomic E-state index is 9.76. The average molecular weight is 145 g/mol. The molecule has 0 atom stereocenters. The zero-order valence-corrected chi connectivity index (χ0v) is 11.0. The van der Waals surface area contributed by atoms with Crippen LogP contribution in [0.3, 0.4) is 0 Å². The van der Waals surface area contributed by atoms with E-state index in [9.17, 15) is 8.42 Å². The van der Waals surface area contributed by atoms with E-state index in [1.807, 2.05) is 0 Å². The van der Waals surface area contributed by atoms with Crippen LogP contribution in [0.1, 0.15) is 0 Å². The Morgan fingerprint density at radius 3 is 1.17 bits per heavy atom. The van der Waals surface area contributed by atoms with E-state index < -0.39 is 6.57 Å². The Kier molecular flexibility index (Phi) is 7.18. The van der Waals surface area contributed by atoms with Crippen molar-refractivity contribution >= 4 is 66.4 Å². The zero-order valence-electron chi connectivity index (χ0n) is 4.22. The second-order valence-corrected chi connectivity index (χ2v) is 17.2. The molecule has 0 aliphatic carbocycles. The van der Waals surface area contributed by atoms with Crippen molar-refractivity contribution in [2.45, 2.75) is 0 Å². The Labute approximate surface area is 73.8 Å². The Morgan fingerprint density at radius 1 is 1.17 bits per heavy atom. The molecule has 0 amide bonds. The molecule has 0 fully saturated rings. The summed E-state index contributed by atoms with van der Waals surface area (Å²) in [6, 6.07) is 0. The molecule has 29 valence electrons. The van der Waals surface area contributed by atoms with Gasteiger partial charge in [-0.2, -0.15) is 0 Å². The van der Waals surface area contributed by atoms with Crippen LogP contribution in [0.5, 0.6) is 0 Å². The van der Waals surface area contributed by atoms with Gasteiger partial charge in [-0.05, 0) is 6.57 Å². The Hall–Kier alpha value is 2.01. The molecule has 0 rings (SSSR count). The summed E-state index contributed by atoms with van der Waals surface area (Å²) in [6.45, 7) is -2.39. The van der Waals surface area contributed by atoms with Gasteiger partial charge in [0.2, 0.25) is 0 Å². The van der Waals surface area contributed by atoms with Crippen LogP contribution < -0.4 is 0 Å². The van der Waals surface area contributed by atoms with Gasteiger partial charge in [-0.3, -0.25) is 8.42 Å². The van der Waals surface area contributed by atoms with E-state index >= 15 is 0 Å². The van der Waals surface area contributed by atoms with Crippen LogP contribution >= 0.6 is 0 Å². The summed E-state index contributed by atoms with van der Waals surface area (Å²) in [7, 11) is 0. The minimum atomic E-state index is -2.39. The minimum absolute atomic E-state index is 0. The van der Waals surface area contributed by atoms with E-state index in [1.165, 1.54) is 0 Å². The Bertz CT molecular complexity index is 94.7. The summed E-state index contributed by atoms with van der Waals surface area (Å²) < 4.78 is 19.5. The smallest absolute Gasteiger partial charge is 0.275 e. The van der Waals surface area contributed by atoms with E-state index in [0.29, 0.717) is 30.3 Å². The summed E-state index contributed by atoms with van der Waals surface area (Å²) in [6.07, 6.45) is 0. The van der Waals surface area contributed by atoms with Gasteiger partial charge in [0, 0.05) is 29.6 Å². The van der Waals surface area contributed by atoms with Gasteiger partial charge < -0.3 is 0 Å². The van der Waals surface area contributed by atoms with Crippen molar-refractivity contribution in [1.82, 2.24) is 0 Å². The first-order valence-electron chi connectivity index (χ1n) is 1.15. The molecule has 0 aromatic rings. The summed E-state index contributed by atoms with van der Waals surface area (Å²) in [5, 5.41) is 0. The molecule has 0 aromatic heterocycles. The molecule has 0 aliphatic heterocycles. The molecule has 6 heteroatoms. The number of hydrogen-bond donors (Lipinski definition) is 0. The quantitative estimate of drug-likeness (QED) is 0.343. The standard InChI is InChI=1S/2Al.Na.O2S.4H/c;;;1-3-2;;;;. The molecule has 0 heterocycles. The van der Waals surface area contributed by atoms with Gasteiger partial charge in [0.05, 0.1) is 0 Å². The van der Waals surface area contributed by atoms with Gasteiger partial charge in [-0.15, -0.1) is 0 Å². The molecule has 0 aliphatic rings. The molecule has 2 nitrogen and oxygen atoms in total. The molecular weight excluding hydrogens is 141 g/mol. The fourth-order valence-electron chi connectivity index (χ4n) is 0. The van der Waals surface area contributed by atoms with E-state index in [1.54, 1.807) is 0 Å². The van der Waals surface area contributed by atoms with Gasteiger partial charge >= 0.3 is 30.3 Å². The van der Waals surface area contributed by atoms with Gasteiger partial charge in [-0.25, -0.2) is 0 Å². The van der Waals surface area contributed by atoms with Crippen molar-refractivity contribution in [1.29, 1.82) is 0 Å². The first kappa shape index (κ1) is 10.9. The van der Waals surface area contributed by atoms with Crippen LogP contribution in [0.4, 0.5) is 0 Å². The molecule has 1 radical (unpaired) electrons. The van der Waals surface area contributed by atoms with Crippen LogP contribution in [0.15, 0.2) is 0 Å². The fourth-order valence-corrected chi connectivity index (χ4v) is 0. The van der Waals surface area contributed by atoms with Crippen molar-refractivity contribution in [3.8, 4) is 0 Å². The molecular formula is H4Al2NaO2S. The minimum Gasteiger partial charge on any atom is -0.275 e. The first-order valence-corrected chi connectivity index (χ1v) is 8.35.